The predicted octanol–water partition coefficient (Wildman–Crippen LogP) is 0.755. The third kappa shape index (κ3) is 0.595. The molecule has 0 radical (unpaired) electrons. The summed E-state index contributed by atoms with van der Waals surface area (Å²) in [4.78, 5) is 2.59. The summed E-state index contributed by atoms with van der Waals surface area (Å²) in [5.74, 6) is 0. The monoisotopic (exact) mass is 115 g/mol. The van der Waals surface area contributed by atoms with E-state index in [1.807, 2.05) is 0 Å². The fraction of sp³-hybridized carbons (Fsp3) is 1.00. The fourth-order valence-corrected chi connectivity index (χ4v) is 3.84. The van der Waals surface area contributed by atoms with E-state index in [-0.39, 0.29) is 0 Å². The summed E-state index contributed by atoms with van der Waals surface area (Å²) in [5, 5.41) is 0. The minimum absolute atomic E-state index is 0.557. The Bertz CT molecular complexity index is 66.1. The van der Waals surface area contributed by atoms with Crippen molar-refractivity contribution < 1.29 is 0 Å². The molecule has 2 heteroatoms. The van der Waals surface area contributed by atoms with Gasteiger partial charge < -0.3 is 0 Å². The Labute approximate surface area is 45.4 Å². The molecular weight excluding hydrogens is 105 g/mol. The zero-order valence-electron chi connectivity index (χ0n) is 4.43. The van der Waals surface area contributed by atoms with Crippen LogP contribution in [0.4, 0.5) is 0 Å². The summed E-state index contributed by atoms with van der Waals surface area (Å²) in [6.45, 7) is 2.84. The molecule has 2 aliphatic rings. The highest BCUT2D eigenvalue weighted by molar-refractivity contribution is 7.58. The van der Waals surface area contributed by atoms with Gasteiger partial charge in [0.15, 0.2) is 0 Å². The van der Waals surface area contributed by atoms with Crippen LogP contribution in [0.15, 0.2) is 0 Å². The van der Waals surface area contributed by atoms with Crippen LogP contribution in [-0.4, -0.2) is 36.6 Å². The minimum Gasteiger partial charge on any atom is -0.299 e. The van der Waals surface area contributed by atoms with Crippen molar-refractivity contribution in [1.29, 1.82) is 0 Å². The van der Waals surface area contributed by atoms with E-state index in [4.69, 9.17) is 0 Å². The number of hydrogen-bond donors (Lipinski definition) is 0. The second-order valence-electron chi connectivity index (χ2n) is 2.38. The molecule has 0 atom stereocenters. The highest BCUT2D eigenvalue weighted by Crippen LogP contribution is 2.45. The van der Waals surface area contributed by atoms with Crippen molar-refractivity contribution in [3.63, 3.8) is 0 Å². The highest BCUT2D eigenvalue weighted by atomic mass is 31.1. The van der Waals surface area contributed by atoms with Crippen molar-refractivity contribution in [3.8, 4) is 0 Å². The summed E-state index contributed by atoms with van der Waals surface area (Å²) in [6, 6.07) is 0. The van der Waals surface area contributed by atoms with E-state index in [1.54, 1.807) is 12.3 Å². The lowest BCUT2D eigenvalue weighted by molar-refractivity contribution is 0.388. The molecule has 2 aliphatic heterocycles. The molecule has 2 rings (SSSR count). The van der Waals surface area contributed by atoms with Crippen LogP contribution in [0.1, 0.15) is 0 Å². The number of hydrogen-bond acceptors (Lipinski definition) is 1. The molecule has 0 aliphatic carbocycles. The SMILES string of the molecule is C1CP2CCN1C2. The molecular formula is C5H10NP. The van der Waals surface area contributed by atoms with E-state index < -0.39 is 0 Å². The molecule has 7 heavy (non-hydrogen) atoms. The maximum atomic E-state index is 2.59. The highest BCUT2D eigenvalue weighted by Gasteiger charge is 2.27. The third-order valence-electron chi connectivity index (χ3n) is 1.86. The third-order valence-corrected chi connectivity index (χ3v) is 4.33. The summed E-state index contributed by atoms with van der Waals surface area (Å²) in [7, 11) is 0.557. The maximum Gasteiger partial charge on any atom is 0.0185 e. The first kappa shape index (κ1) is 4.29. The number of rotatable bonds is 0. The zero-order chi connectivity index (χ0) is 4.69. The van der Waals surface area contributed by atoms with Crippen molar-refractivity contribution >= 4 is 7.92 Å². The summed E-state index contributed by atoms with van der Waals surface area (Å²) >= 11 is 0. The van der Waals surface area contributed by atoms with Gasteiger partial charge >= 0.3 is 0 Å². The van der Waals surface area contributed by atoms with Crippen molar-refractivity contribution in [1.82, 2.24) is 4.90 Å². The predicted molar refractivity (Wildman–Crippen MR) is 33.1 cm³/mol. The average Bonchev–Trinajstić information content (AvgIpc) is 2.22. The molecule has 2 saturated heterocycles. The normalized spacial score (nSPS) is 48.0. The quantitative estimate of drug-likeness (QED) is 0.421. The van der Waals surface area contributed by atoms with Gasteiger partial charge in [-0.25, -0.2) is 0 Å². The van der Waals surface area contributed by atoms with Gasteiger partial charge in [-0.15, -0.1) is 0 Å². The van der Waals surface area contributed by atoms with Gasteiger partial charge in [0.1, 0.15) is 0 Å². The molecule has 2 bridgehead atoms. The van der Waals surface area contributed by atoms with Crippen molar-refractivity contribution in [2.45, 2.75) is 0 Å². The van der Waals surface area contributed by atoms with E-state index >= 15 is 0 Å². The Morgan fingerprint density at radius 2 is 1.86 bits per heavy atom. The lowest BCUT2D eigenvalue weighted by Crippen LogP contribution is -2.19. The molecule has 0 aromatic rings. The Morgan fingerprint density at radius 1 is 1.14 bits per heavy atom. The summed E-state index contributed by atoms with van der Waals surface area (Å²) in [6.07, 6.45) is 4.58. The van der Waals surface area contributed by atoms with E-state index in [1.165, 1.54) is 19.4 Å². The molecule has 0 aromatic heterocycles. The Morgan fingerprint density at radius 3 is 2.00 bits per heavy atom. The van der Waals surface area contributed by atoms with E-state index in [2.05, 4.69) is 4.90 Å². The van der Waals surface area contributed by atoms with Crippen LogP contribution >= 0.6 is 7.92 Å². The van der Waals surface area contributed by atoms with E-state index in [0.717, 1.165) is 0 Å². The topological polar surface area (TPSA) is 3.24 Å². The molecule has 1 nitrogen and oxygen atoms in total. The van der Waals surface area contributed by atoms with Crippen molar-refractivity contribution in [2.75, 3.05) is 31.7 Å². The van der Waals surface area contributed by atoms with Gasteiger partial charge in [-0.2, -0.15) is 0 Å². The zero-order valence-corrected chi connectivity index (χ0v) is 5.32. The number of nitrogens with zero attached hydrogens (tertiary/aromatic N) is 1. The largest absolute Gasteiger partial charge is 0.299 e. The molecule has 0 saturated carbocycles. The van der Waals surface area contributed by atoms with Gasteiger partial charge in [0.25, 0.3) is 0 Å². The summed E-state index contributed by atoms with van der Waals surface area (Å²) in [5.41, 5.74) is 0. The molecule has 2 fully saturated rings. The van der Waals surface area contributed by atoms with E-state index in [0.29, 0.717) is 7.92 Å². The Balaban J connectivity index is 2.12. The first-order chi connectivity index (χ1) is 3.45. The standard InChI is InChI=1S/C5H10NP/c1-3-7-4-2-6(1)5-7/h1-5H2. The van der Waals surface area contributed by atoms with Crippen LogP contribution in [0, 0.1) is 0 Å². The molecule has 0 amide bonds. The van der Waals surface area contributed by atoms with Gasteiger partial charge in [-0.1, -0.05) is 7.92 Å². The van der Waals surface area contributed by atoms with Crippen molar-refractivity contribution in [3.05, 3.63) is 0 Å². The average molecular weight is 115 g/mol. The smallest absolute Gasteiger partial charge is 0.0185 e. The van der Waals surface area contributed by atoms with Gasteiger partial charge in [0.05, 0.1) is 0 Å². The van der Waals surface area contributed by atoms with Crippen LogP contribution in [0.25, 0.3) is 0 Å². The van der Waals surface area contributed by atoms with Gasteiger partial charge in [-0.05, 0) is 12.3 Å². The van der Waals surface area contributed by atoms with Crippen LogP contribution in [0.3, 0.4) is 0 Å². The molecule has 0 spiro atoms. The van der Waals surface area contributed by atoms with Gasteiger partial charge in [0, 0.05) is 19.4 Å². The minimum atomic E-state index is 0.557. The van der Waals surface area contributed by atoms with Gasteiger partial charge in [-0.3, -0.25) is 4.90 Å². The first-order valence-electron chi connectivity index (χ1n) is 2.90. The Kier molecular flexibility index (Phi) is 0.876. The van der Waals surface area contributed by atoms with Crippen LogP contribution in [0.5, 0.6) is 0 Å². The van der Waals surface area contributed by atoms with Crippen LogP contribution in [0.2, 0.25) is 0 Å². The van der Waals surface area contributed by atoms with Gasteiger partial charge in [0.2, 0.25) is 0 Å². The second-order valence-corrected chi connectivity index (χ2v) is 4.90. The van der Waals surface area contributed by atoms with Crippen LogP contribution in [-0.2, 0) is 0 Å². The molecule has 40 valence electrons. The second kappa shape index (κ2) is 1.43. The van der Waals surface area contributed by atoms with E-state index in [9.17, 15) is 0 Å². The lowest BCUT2D eigenvalue weighted by Gasteiger charge is -2.08. The Hall–Kier alpha value is 0.390. The molecule has 0 aromatic carbocycles. The van der Waals surface area contributed by atoms with Crippen molar-refractivity contribution in [2.24, 2.45) is 0 Å². The molecule has 0 unspecified atom stereocenters. The molecule has 2 heterocycles. The number of fused-ring (bicyclic) bond motifs is 2. The molecule has 0 N–H and O–H groups in total. The fourth-order valence-electron chi connectivity index (χ4n) is 1.35. The lowest BCUT2D eigenvalue weighted by atomic mass is 10.6. The first-order valence-corrected chi connectivity index (χ1v) is 4.79. The van der Waals surface area contributed by atoms with Crippen LogP contribution < -0.4 is 0 Å². The maximum absolute atomic E-state index is 2.59. The summed E-state index contributed by atoms with van der Waals surface area (Å²) < 4.78 is 0.